The molecular formula is C26H27ClN4O2. The molecule has 0 aliphatic carbocycles. The smallest absolute Gasteiger partial charge is 0.221 e. The van der Waals surface area contributed by atoms with E-state index in [4.69, 9.17) is 26.0 Å². The van der Waals surface area contributed by atoms with Crippen LogP contribution in [0.15, 0.2) is 71.3 Å². The van der Waals surface area contributed by atoms with Gasteiger partial charge in [-0.3, -0.25) is 4.79 Å². The maximum absolute atomic E-state index is 12.5. The van der Waals surface area contributed by atoms with Gasteiger partial charge in [0.15, 0.2) is 5.82 Å². The van der Waals surface area contributed by atoms with Crippen LogP contribution < -0.4 is 10.2 Å². The zero-order valence-corrected chi connectivity index (χ0v) is 19.5. The summed E-state index contributed by atoms with van der Waals surface area (Å²) in [6.07, 6.45) is 2.88. The molecule has 1 unspecified atom stereocenters. The summed E-state index contributed by atoms with van der Waals surface area (Å²) in [5.74, 6) is 2.09. The summed E-state index contributed by atoms with van der Waals surface area (Å²) in [5.41, 5.74) is 1.57. The molecule has 2 aromatic carbocycles. The van der Waals surface area contributed by atoms with E-state index < -0.39 is 0 Å². The number of nitrogens with zero attached hydrogens (tertiary/aromatic N) is 3. The number of anilines is 1. The van der Waals surface area contributed by atoms with Crippen molar-refractivity contribution in [2.24, 2.45) is 0 Å². The van der Waals surface area contributed by atoms with E-state index in [1.54, 1.807) is 6.26 Å². The summed E-state index contributed by atoms with van der Waals surface area (Å²) in [5, 5.41) is 4.53. The molecule has 0 spiro atoms. The molecule has 2 heterocycles. The Kier molecular flexibility index (Phi) is 7.25. The number of carbonyl (C=O) groups is 1. The van der Waals surface area contributed by atoms with E-state index >= 15 is 0 Å². The number of hydrogen-bond donors (Lipinski definition) is 1. The van der Waals surface area contributed by atoms with Gasteiger partial charge in [-0.25, -0.2) is 9.97 Å². The van der Waals surface area contributed by atoms with Gasteiger partial charge in [0, 0.05) is 30.0 Å². The predicted molar refractivity (Wildman–Crippen MR) is 132 cm³/mol. The van der Waals surface area contributed by atoms with Crippen molar-refractivity contribution in [3.05, 3.63) is 77.7 Å². The molecule has 0 aliphatic heterocycles. The van der Waals surface area contributed by atoms with E-state index in [0.717, 1.165) is 34.5 Å². The first-order valence-electron chi connectivity index (χ1n) is 11.1. The third-order valence-electron chi connectivity index (χ3n) is 5.55. The van der Waals surface area contributed by atoms with Crippen molar-refractivity contribution in [3.63, 3.8) is 0 Å². The van der Waals surface area contributed by atoms with Crippen LogP contribution in [0.4, 0.5) is 5.82 Å². The SMILES string of the molecule is CCC(C)NC(=O)CCN(Cc1ccco1)c1nc(-c2ccccc2Cl)nc2ccccc12. The lowest BCUT2D eigenvalue weighted by Crippen LogP contribution is -2.35. The fraction of sp³-hybridized carbons (Fsp3) is 0.269. The fourth-order valence-electron chi connectivity index (χ4n) is 3.60. The number of carbonyl (C=O) groups excluding carboxylic acids is 1. The Balaban J connectivity index is 1.74. The Morgan fingerprint density at radius 1 is 1.09 bits per heavy atom. The van der Waals surface area contributed by atoms with Crippen molar-refractivity contribution in [2.45, 2.75) is 39.3 Å². The van der Waals surface area contributed by atoms with Gasteiger partial charge >= 0.3 is 0 Å². The van der Waals surface area contributed by atoms with E-state index in [0.29, 0.717) is 30.4 Å². The van der Waals surface area contributed by atoms with Gasteiger partial charge in [0.1, 0.15) is 11.6 Å². The van der Waals surface area contributed by atoms with Crippen LogP contribution in [-0.4, -0.2) is 28.5 Å². The first-order chi connectivity index (χ1) is 16.0. The summed E-state index contributed by atoms with van der Waals surface area (Å²) in [6, 6.07) is 19.3. The van der Waals surface area contributed by atoms with Gasteiger partial charge in [-0.05, 0) is 49.7 Å². The quantitative estimate of drug-likeness (QED) is 0.337. The number of amides is 1. The Morgan fingerprint density at radius 2 is 1.88 bits per heavy atom. The number of furan rings is 1. The first-order valence-corrected chi connectivity index (χ1v) is 11.5. The van der Waals surface area contributed by atoms with Crippen LogP contribution in [0.3, 0.4) is 0 Å². The standard InChI is InChI=1S/C26H27ClN4O2/c1-3-18(2)28-24(32)14-15-31(17-19-9-8-16-33-19)26-21-11-5-7-13-23(21)29-25(30-26)20-10-4-6-12-22(20)27/h4-13,16,18H,3,14-15,17H2,1-2H3,(H,28,32). The highest BCUT2D eigenvalue weighted by atomic mass is 35.5. The van der Waals surface area contributed by atoms with Gasteiger partial charge < -0.3 is 14.6 Å². The maximum atomic E-state index is 12.5. The van der Waals surface area contributed by atoms with Crippen LogP contribution in [0.5, 0.6) is 0 Å². The maximum Gasteiger partial charge on any atom is 0.221 e. The molecule has 1 amide bonds. The van der Waals surface area contributed by atoms with Crippen molar-refractivity contribution in [1.82, 2.24) is 15.3 Å². The highest BCUT2D eigenvalue weighted by Gasteiger charge is 2.19. The van der Waals surface area contributed by atoms with Gasteiger partial charge in [0.05, 0.1) is 23.3 Å². The Hall–Kier alpha value is -3.38. The zero-order chi connectivity index (χ0) is 23.2. The number of aromatic nitrogens is 2. The van der Waals surface area contributed by atoms with Crippen LogP contribution in [0, 0.1) is 0 Å². The molecule has 170 valence electrons. The second-order valence-electron chi connectivity index (χ2n) is 8.00. The summed E-state index contributed by atoms with van der Waals surface area (Å²) < 4.78 is 5.61. The lowest BCUT2D eigenvalue weighted by Gasteiger charge is -2.25. The van der Waals surface area contributed by atoms with Gasteiger partial charge in [0.2, 0.25) is 5.91 Å². The largest absolute Gasteiger partial charge is 0.467 e. The van der Waals surface area contributed by atoms with Gasteiger partial charge in [-0.15, -0.1) is 0 Å². The number of hydrogen-bond acceptors (Lipinski definition) is 5. The van der Waals surface area contributed by atoms with E-state index in [1.807, 2.05) is 67.6 Å². The van der Waals surface area contributed by atoms with Crippen molar-refractivity contribution >= 4 is 34.2 Å². The molecule has 0 radical (unpaired) electrons. The molecule has 0 bridgehead atoms. The Bertz CT molecular complexity index is 1230. The first kappa shape index (κ1) is 22.8. The average Bonchev–Trinajstić information content (AvgIpc) is 3.34. The van der Waals surface area contributed by atoms with E-state index in [9.17, 15) is 4.79 Å². The van der Waals surface area contributed by atoms with Crippen molar-refractivity contribution in [1.29, 1.82) is 0 Å². The Morgan fingerprint density at radius 3 is 2.64 bits per heavy atom. The fourth-order valence-corrected chi connectivity index (χ4v) is 3.82. The third-order valence-corrected chi connectivity index (χ3v) is 5.88. The second kappa shape index (κ2) is 10.5. The lowest BCUT2D eigenvalue weighted by atomic mass is 10.1. The molecule has 0 saturated carbocycles. The molecule has 0 saturated heterocycles. The average molecular weight is 463 g/mol. The van der Waals surface area contributed by atoms with Crippen LogP contribution in [0.1, 0.15) is 32.4 Å². The van der Waals surface area contributed by atoms with E-state index in [2.05, 4.69) is 17.1 Å². The molecule has 1 N–H and O–H groups in total. The van der Waals surface area contributed by atoms with Crippen molar-refractivity contribution in [2.75, 3.05) is 11.4 Å². The Labute approximate surface area is 198 Å². The normalized spacial score (nSPS) is 12.0. The van der Waals surface area contributed by atoms with Gasteiger partial charge in [-0.1, -0.05) is 42.8 Å². The van der Waals surface area contributed by atoms with Crippen molar-refractivity contribution < 1.29 is 9.21 Å². The minimum Gasteiger partial charge on any atom is -0.467 e. The number of halogens is 1. The predicted octanol–water partition coefficient (Wildman–Crippen LogP) is 5.85. The van der Waals surface area contributed by atoms with Gasteiger partial charge in [0.25, 0.3) is 0 Å². The molecule has 33 heavy (non-hydrogen) atoms. The molecule has 0 aliphatic rings. The van der Waals surface area contributed by atoms with Crippen LogP contribution in [-0.2, 0) is 11.3 Å². The van der Waals surface area contributed by atoms with Crippen LogP contribution in [0.2, 0.25) is 5.02 Å². The van der Waals surface area contributed by atoms with E-state index in [-0.39, 0.29) is 11.9 Å². The van der Waals surface area contributed by atoms with E-state index in [1.165, 1.54) is 0 Å². The third kappa shape index (κ3) is 5.52. The molecule has 1 atom stereocenters. The number of nitrogens with one attached hydrogen (secondary N) is 1. The van der Waals surface area contributed by atoms with Gasteiger partial charge in [-0.2, -0.15) is 0 Å². The number of benzene rings is 2. The number of fused-ring (bicyclic) bond motifs is 1. The highest BCUT2D eigenvalue weighted by Crippen LogP contribution is 2.31. The monoisotopic (exact) mass is 462 g/mol. The van der Waals surface area contributed by atoms with Crippen LogP contribution >= 0.6 is 11.6 Å². The summed E-state index contributed by atoms with van der Waals surface area (Å²) in [4.78, 5) is 24.3. The molecular weight excluding hydrogens is 436 g/mol. The molecule has 0 fully saturated rings. The summed E-state index contributed by atoms with van der Waals surface area (Å²) in [6.45, 7) is 5.02. The minimum absolute atomic E-state index is 0.0125. The number of para-hydroxylation sites is 1. The molecule has 4 rings (SSSR count). The molecule has 7 heteroatoms. The molecule has 2 aromatic heterocycles. The summed E-state index contributed by atoms with van der Waals surface area (Å²) >= 11 is 6.46. The molecule has 4 aromatic rings. The topological polar surface area (TPSA) is 71.3 Å². The van der Waals surface area contributed by atoms with Crippen LogP contribution in [0.25, 0.3) is 22.3 Å². The van der Waals surface area contributed by atoms with Crippen molar-refractivity contribution in [3.8, 4) is 11.4 Å². The second-order valence-corrected chi connectivity index (χ2v) is 8.40. The number of rotatable bonds is 9. The zero-order valence-electron chi connectivity index (χ0n) is 18.8. The minimum atomic E-state index is 0.0125. The lowest BCUT2D eigenvalue weighted by molar-refractivity contribution is -0.121. The highest BCUT2D eigenvalue weighted by molar-refractivity contribution is 6.33. The summed E-state index contributed by atoms with van der Waals surface area (Å²) in [7, 11) is 0. The molecule has 6 nitrogen and oxygen atoms in total.